The van der Waals surface area contributed by atoms with Crippen molar-refractivity contribution in [3.05, 3.63) is 29.6 Å². The molecule has 9 heteroatoms. The average Bonchev–Trinajstić information content (AvgIpc) is 3.16. The van der Waals surface area contributed by atoms with Crippen LogP contribution in [0.15, 0.2) is 18.3 Å². The Hall–Kier alpha value is -2.78. The van der Waals surface area contributed by atoms with E-state index in [4.69, 9.17) is 4.98 Å². The maximum atomic E-state index is 12.1. The molecular formula is C17H20N6O3. The van der Waals surface area contributed by atoms with Crippen LogP contribution in [-0.2, 0) is 23.9 Å². The third-order valence-electron chi connectivity index (χ3n) is 5.01. The van der Waals surface area contributed by atoms with E-state index in [-0.39, 0.29) is 18.9 Å². The summed E-state index contributed by atoms with van der Waals surface area (Å²) in [6.45, 7) is 2.83. The molecule has 4 rings (SSSR count). The van der Waals surface area contributed by atoms with E-state index >= 15 is 0 Å². The fourth-order valence-corrected chi connectivity index (χ4v) is 3.41. The first kappa shape index (κ1) is 16.7. The predicted molar refractivity (Wildman–Crippen MR) is 93.2 cm³/mol. The highest BCUT2D eigenvalue weighted by Gasteiger charge is 2.35. The summed E-state index contributed by atoms with van der Waals surface area (Å²) in [4.78, 5) is 34.1. The maximum absolute atomic E-state index is 12.1. The van der Waals surface area contributed by atoms with E-state index in [1.165, 1.54) is 4.90 Å². The number of hydrogen-bond acceptors (Lipinski definition) is 6. The van der Waals surface area contributed by atoms with Crippen LogP contribution in [0.2, 0.25) is 0 Å². The normalized spacial score (nSPS) is 22.5. The van der Waals surface area contributed by atoms with Gasteiger partial charge in [-0.05, 0) is 18.6 Å². The summed E-state index contributed by atoms with van der Waals surface area (Å²) < 4.78 is 1.78. The Morgan fingerprint density at radius 3 is 2.88 bits per heavy atom. The van der Waals surface area contributed by atoms with Crippen LogP contribution in [0.3, 0.4) is 0 Å². The predicted octanol–water partition coefficient (Wildman–Crippen LogP) is 0.239. The fourth-order valence-electron chi connectivity index (χ4n) is 3.41. The molecule has 2 aromatic heterocycles. The molecule has 9 nitrogen and oxygen atoms in total. The second-order valence-corrected chi connectivity index (χ2v) is 6.80. The Balaban J connectivity index is 1.71. The van der Waals surface area contributed by atoms with Gasteiger partial charge in [-0.25, -0.2) is 14.8 Å². The van der Waals surface area contributed by atoms with Crippen molar-refractivity contribution in [1.82, 2.24) is 25.2 Å². The summed E-state index contributed by atoms with van der Waals surface area (Å²) >= 11 is 0. The highest BCUT2D eigenvalue weighted by Crippen LogP contribution is 2.31. The number of anilines is 1. The van der Waals surface area contributed by atoms with Gasteiger partial charge in [-0.1, -0.05) is 6.07 Å². The van der Waals surface area contributed by atoms with Crippen LogP contribution in [0.4, 0.5) is 10.6 Å². The van der Waals surface area contributed by atoms with E-state index in [9.17, 15) is 14.7 Å². The Morgan fingerprint density at radius 2 is 2.15 bits per heavy atom. The molecule has 26 heavy (non-hydrogen) atoms. The van der Waals surface area contributed by atoms with E-state index < -0.39 is 11.6 Å². The van der Waals surface area contributed by atoms with Crippen LogP contribution in [0.25, 0.3) is 11.5 Å². The molecule has 1 atom stereocenters. The molecule has 4 heterocycles. The summed E-state index contributed by atoms with van der Waals surface area (Å²) in [5.41, 5.74) is 1.94. The van der Waals surface area contributed by atoms with Gasteiger partial charge in [0.15, 0.2) is 5.82 Å². The minimum absolute atomic E-state index is 0.0513. The molecule has 1 saturated heterocycles. The number of carbonyl (C=O) groups excluding carboxylic acids is 2. The Morgan fingerprint density at radius 1 is 1.35 bits per heavy atom. The van der Waals surface area contributed by atoms with Crippen LogP contribution >= 0.6 is 0 Å². The van der Waals surface area contributed by atoms with Crippen molar-refractivity contribution in [3.63, 3.8) is 0 Å². The average molecular weight is 356 g/mol. The van der Waals surface area contributed by atoms with Gasteiger partial charge >= 0.3 is 6.03 Å². The number of amides is 3. The number of imide groups is 1. The van der Waals surface area contributed by atoms with Crippen LogP contribution in [0, 0.1) is 0 Å². The number of imidazole rings is 1. The Bertz CT molecular complexity index is 908. The number of aliphatic hydroxyl groups is 1. The number of aromatic nitrogens is 3. The second kappa shape index (κ2) is 5.89. The summed E-state index contributed by atoms with van der Waals surface area (Å²) in [7, 11) is 1.81. The maximum Gasteiger partial charge on any atom is 0.329 e. The van der Waals surface area contributed by atoms with Crippen LogP contribution in [0.5, 0.6) is 0 Å². The van der Waals surface area contributed by atoms with Gasteiger partial charge in [-0.2, -0.15) is 0 Å². The van der Waals surface area contributed by atoms with E-state index in [0.717, 1.165) is 11.3 Å². The largest absolute Gasteiger partial charge is 0.394 e. The van der Waals surface area contributed by atoms with Gasteiger partial charge in [0.2, 0.25) is 5.91 Å². The zero-order chi connectivity index (χ0) is 18.5. The lowest BCUT2D eigenvalue weighted by molar-refractivity contribution is -0.120. The first-order valence-electron chi connectivity index (χ1n) is 8.42. The number of nitrogens with zero attached hydrogens (tertiary/aromatic N) is 4. The molecule has 0 bridgehead atoms. The molecule has 136 valence electrons. The Kier molecular flexibility index (Phi) is 3.78. The molecule has 3 amide bonds. The van der Waals surface area contributed by atoms with Gasteiger partial charge in [-0.15, -0.1) is 0 Å². The van der Waals surface area contributed by atoms with E-state index in [0.29, 0.717) is 30.4 Å². The second-order valence-electron chi connectivity index (χ2n) is 6.80. The number of urea groups is 1. The lowest BCUT2D eigenvalue weighted by atomic mass is 9.99. The monoisotopic (exact) mass is 356 g/mol. The number of aliphatic hydroxyl groups excluding tert-OH is 1. The van der Waals surface area contributed by atoms with Crippen LogP contribution in [0.1, 0.15) is 24.6 Å². The minimum atomic E-state index is -0.577. The van der Waals surface area contributed by atoms with E-state index in [1.54, 1.807) is 17.8 Å². The molecular weight excluding hydrogens is 336 g/mol. The zero-order valence-electron chi connectivity index (χ0n) is 14.6. The lowest BCUT2D eigenvalue weighted by Crippen LogP contribution is -2.50. The standard InChI is InChI=1S/C17H20N6O3/c1-17(9-24)14-10(7-19-17)3-4-11(20-14)15-18-8-13(22(15)2)23-6-5-12(25)21-16(23)26/h3-4,8,19,24H,5-7,9H2,1-2H3,(H,21,25,26). The van der Waals surface area contributed by atoms with Gasteiger partial charge in [0, 0.05) is 26.6 Å². The SMILES string of the molecule is Cn1c(N2CCC(=O)NC2=O)cnc1-c1ccc2c(n1)C(C)(CO)NC2. The first-order chi connectivity index (χ1) is 12.4. The number of carbonyl (C=O) groups is 2. The van der Waals surface area contributed by atoms with E-state index in [2.05, 4.69) is 15.6 Å². The summed E-state index contributed by atoms with van der Waals surface area (Å²) in [5, 5.41) is 15.3. The van der Waals surface area contributed by atoms with Crippen molar-refractivity contribution in [1.29, 1.82) is 0 Å². The van der Waals surface area contributed by atoms with Crippen molar-refractivity contribution >= 4 is 17.8 Å². The van der Waals surface area contributed by atoms with Gasteiger partial charge in [-0.3, -0.25) is 15.0 Å². The molecule has 1 fully saturated rings. The molecule has 0 spiro atoms. The van der Waals surface area contributed by atoms with Crippen molar-refractivity contribution in [2.75, 3.05) is 18.1 Å². The zero-order valence-corrected chi connectivity index (χ0v) is 14.6. The highest BCUT2D eigenvalue weighted by atomic mass is 16.3. The Labute approximate surface area is 150 Å². The molecule has 0 radical (unpaired) electrons. The van der Waals surface area contributed by atoms with Crippen molar-refractivity contribution in [3.8, 4) is 11.5 Å². The fraction of sp³-hybridized carbons (Fsp3) is 0.412. The molecule has 2 aliphatic rings. The first-order valence-corrected chi connectivity index (χ1v) is 8.42. The molecule has 0 saturated carbocycles. The molecule has 2 aliphatic heterocycles. The quantitative estimate of drug-likeness (QED) is 0.726. The molecule has 3 N–H and O–H groups in total. The lowest BCUT2D eigenvalue weighted by Gasteiger charge is -2.26. The number of pyridine rings is 1. The molecule has 0 aromatic carbocycles. The van der Waals surface area contributed by atoms with Crippen LogP contribution in [-0.4, -0.2) is 44.7 Å². The number of fused-ring (bicyclic) bond motifs is 1. The van der Waals surface area contributed by atoms with Gasteiger partial charge in [0.05, 0.1) is 24.0 Å². The molecule has 0 aliphatic carbocycles. The number of hydrogen-bond donors (Lipinski definition) is 3. The molecule has 2 aromatic rings. The smallest absolute Gasteiger partial charge is 0.329 e. The van der Waals surface area contributed by atoms with Gasteiger partial charge in [0.25, 0.3) is 0 Å². The van der Waals surface area contributed by atoms with Crippen molar-refractivity contribution in [2.24, 2.45) is 7.05 Å². The van der Waals surface area contributed by atoms with Crippen LogP contribution < -0.4 is 15.5 Å². The summed E-state index contributed by atoms with van der Waals surface area (Å²) in [6, 6.07) is 3.41. The topological polar surface area (TPSA) is 112 Å². The third kappa shape index (κ3) is 2.47. The summed E-state index contributed by atoms with van der Waals surface area (Å²) in [5.74, 6) is 0.930. The minimum Gasteiger partial charge on any atom is -0.394 e. The summed E-state index contributed by atoms with van der Waals surface area (Å²) in [6.07, 6.45) is 1.85. The highest BCUT2D eigenvalue weighted by molar-refractivity contribution is 6.05. The van der Waals surface area contributed by atoms with Crippen molar-refractivity contribution < 1.29 is 14.7 Å². The van der Waals surface area contributed by atoms with Gasteiger partial charge < -0.3 is 15.0 Å². The van der Waals surface area contributed by atoms with E-state index in [1.807, 2.05) is 19.1 Å². The van der Waals surface area contributed by atoms with Crippen molar-refractivity contribution in [2.45, 2.75) is 25.4 Å². The molecule has 1 unspecified atom stereocenters. The third-order valence-corrected chi connectivity index (χ3v) is 5.01. The number of rotatable bonds is 3. The van der Waals surface area contributed by atoms with Gasteiger partial charge in [0.1, 0.15) is 11.5 Å². The number of nitrogens with one attached hydrogen (secondary N) is 2.